The van der Waals surface area contributed by atoms with Gasteiger partial charge in [-0.3, -0.25) is 4.79 Å². The van der Waals surface area contributed by atoms with Crippen LogP contribution in [0.5, 0.6) is 0 Å². The first-order valence-electron chi connectivity index (χ1n) is 8.26. The number of rotatable bonds is 5. The fourth-order valence-electron chi connectivity index (χ4n) is 3.14. The van der Waals surface area contributed by atoms with Crippen LogP contribution in [0.2, 0.25) is 0 Å². The molecule has 0 saturated heterocycles. The molecular weight excluding hydrogens is 349 g/mol. The lowest BCUT2D eigenvalue weighted by Crippen LogP contribution is -2.08. The van der Waals surface area contributed by atoms with Crippen LogP contribution in [-0.4, -0.2) is 26.3 Å². The molecule has 0 fully saturated rings. The van der Waals surface area contributed by atoms with Crippen LogP contribution in [0.4, 0.5) is 4.39 Å². The molecule has 0 bridgehead atoms. The Labute approximate surface area is 156 Å². The Hall–Kier alpha value is -2.47. The van der Waals surface area contributed by atoms with E-state index in [0.29, 0.717) is 16.5 Å². The fraction of sp³-hybridized carbons (Fsp3) is 0.250. The molecule has 1 heterocycles. The predicted molar refractivity (Wildman–Crippen MR) is 102 cm³/mol. The number of aryl methyl sites for hydroxylation is 3. The van der Waals surface area contributed by atoms with E-state index in [1.54, 1.807) is 29.8 Å². The van der Waals surface area contributed by atoms with E-state index in [-0.39, 0.29) is 17.4 Å². The summed E-state index contributed by atoms with van der Waals surface area (Å²) in [5.41, 5.74) is 4.27. The van der Waals surface area contributed by atoms with Crippen molar-refractivity contribution in [3.63, 3.8) is 0 Å². The maximum Gasteiger partial charge on any atom is 0.191 e. The van der Waals surface area contributed by atoms with Gasteiger partial charge in [0, 0.05) is 12.6 Å². The molecule has 0 saturated carbocycles. The normalized spacial score (nSPS) is 11.0. The SMILES string of the molecule is Cc1cc(C)c(C(=O)CSc2nnc(-c3ccccc3F)n2C)c(C)c1. The number of aromatic nitrogens is 3. The van der Waals surface area contributed by atoms with Gasteiger partial charge < -0.3 is 4.57 Å². The second-order valence-corrected chi connectivity index (χ2v) is 7.27. The maximum atomic E-state index is 14.0. The van der Waals surface area contributed by atoms with Crippen LogP contribution in [0.15, 0.2) is 41.6 Å². The third kappa shape index (κ3) is 3.55. The largest absolute Gasteiger partial charge is 0.305 e. The molecule has 0 aliphatic carbocycles. The van der Waals surface area contributed by atoms with Crippen LogP contribution in [0.25, 0.3) is 11.4 Å². The summed E-state index contributed by atoms with van der Waals surface area (Å²) < 4.78 is 15.7. The number of carbonyl (C=O) groups is 1. The molecule has 134 valence electrons. The summed E-state index contributed by atoms with van der Waals surface area (Å²) >= 11 is 1.31. The third-order valence-electron chi connectivity index (χ3n) is 4.24. The van der Waals surface area contributed by atoms with Crippen LogP contribution in [0, 0.1) is 26.6 Å². The van der Waals surface area contributed by atoms with Gasteiger partial charge in [0.1, 0.15) is 5.82 Å². The molecular formula is C20H20FN3OS. The molecule has 0 amide bonds. The van der Waals surface area contributed by atoms with E-state index in [0.717, 1.165) is 22.3 Å². The Morgan fingerprint density at radius 2 is 1.77 bits per heavy atom. The second kappa shape index (κ2) is 7.41. The van der Waals surface area contributed by atoms with Gasteiger partial charge in [0.15, 0.2) is 16.8 Å². The lowest BCUT2D eigenvalue weighted by Gasteiger charge is -2.10. The van der Waals surface area contributed by atoms with Crippen molar-refractivity contribution in [3.8, 4) is 11.4 Å². The smallest absolute Gasteiger partial charge is 0.191 e. The van der Waals surface area contributed by atoms with Gasteiger partial charge in [-0.1, -0.05) is 41.6 Å². The average Bonchev–Trinajstić information content (AvgIpc) is 2.93. The number of benzene rings is 2. The minimum atomic E-state index is -0.346. The molecule has 0 radical (unpaired) electrons. The van der Waals surface area contributed by atoms with Crippen LogP contribution in [0.3, 0.4) is 0 Å². The Kier molecular flexibility index (Phi) is 5.23. The Morgan fingerprint density at radius 3 is 2.42 bits per heavy atom. The van der Waals surface area contributed by atoms with Gasteiger partial charge in [0.25, 0.3) is 0 Å². The molecule has 0 aliphatic heterocycles. The van der Waals surface area contributed by atoms with Crippen molar-refractivity contribution >= 4 is 17.5 Å². The van der Waals surface area contributed by atoms with Crippen molar-refractivity contribution in [1.29, 1.82) is 0 Å². The van der Waals surface area contributed by atoms with Crippen molar-refractivity contribution in [2.75, 3.05) is 5.75 Å². The van der Waals surface area contributed by atoms with E-state index in [2.05, 4.69) is 10.2 Å². The van der Waals surface area contributed by atoms with E-state index in [1.165, 1.54) is 17.8 Å². The molecule has 0 aliphatic rings. The highest BCUT2D eigenvalue weighted by atomic mass is 32.2. The number of carbonyl (C=O) groups excluding carboxylic acids is 1. The van der Waals surface area contributed by atoms with E-state index >= 15 is 0 Å². The number of Topliss-reactive ketones (excluding diaryl/α,β-unsaturated/α-hetero) is 1. The molecule has 6 heteroatoms. The van der Waals surface area contributed by atoms with Gasteiger partial charge in [-0.05, 0) is 44.0 Å². The van der Waals surface area contributed by atoms with Crippen molar-refractivity contribution in [2.24, 2.45) is 7.05 Å². The highest BCUT2D eigenvalue weighted by Crippen LogP contribution is 2.26. The summed E-state index contributed by atoms with van der Waals surface area (Å²) in [5.74, 6) is 0.413. The lowest BCUT2D eigenvalue weighted by atomic mass is 9.97. The van der Waals surface area contributed by atoms with Crippen LogP contribution in [0.1, 0.15) is 27.0 Å². The number of ketones is 1. The first-order chi connectivity index (χ1) is 12.4. The molecule has 0 atom stereocenters. The van der Waals surface area contributed by atoms with Gasteiger partial charge in [0.2, 0.25) is 0 Å². The van der Waals surface area contributed by atoms with Crippen LogP contribution < -0.4 is 0 Å². The van der Waals surface area contributed by atoms with Crippen LogP contribution in [-0.2, 0) is 7.05 Å². The molecule has 0 N–H and O–H groups in total. The lowest BCUT2D eigenvalue weighted by molar-refractivity contribution is 0.102. The van der Waals surface area contributed by atoms with Crippen LogP contribution >= 0.6 is 11.8 Å². The van der Waals surface area contributed by atoms with Crippen molar-refractivity contribution < 1.29 is 9.18 Å². The highest BCUT2D eigenvalue weighted by Gasteiger charge is 2.17. The van der Waals surface area contributed by atoms with Crippen molar-refractivity contribution in [1.82, 2.24) is 14.8 Å². The minimum absolute atomic E-state index is 0.0560. The Balaban J connectivity index is 1.79. The maximum absolute atomic E-state index is 14.0. The number of thioether (sulfide) groups is 1. The van der Waals surface area contributed by atoms with Crippen molar-refractivity contribution in [2.45, 2.75) is 25.9 Å². The fourth-order valence-corrected chi connectivity index (χ4v) is 3.92. The van der Waals surface area contributed by atoms with Gasteiger partial charge in [-0.2, -0.15) is 0 Å². The number of hydrogen-bond acceptors (Lipinski definition) is 4. The zero-order valence-electron chi connectivity index (χ0n) is 15.2. The Bertz CT molecular complexity index is 958. The zero-order chi connectivity index (χ0) is 18.8. The standard InChI is InChI=1S/C20H20FN3OS/c1-12-9-13(2)18(14(3)10-12)17(25)11-26-20-23-22-19(24(20)4)15-7-5-6-8-16(15)21/h5-10H,11H2,1-4H3. The molecule has 2 aromatic carbocycles. The van der Waals surface area contributed by atoms with E-state index < -0.39 is 0 Å². The predicted octanol–water partition coefficient (Wildman–Crippen LogP) is 4.52. The first kappa shape index (κ1) is 18.3. The van der Waals surface area contributed by atoms with Gasteiger partial charge in [0.05, 0.1) is 11.3 Å². The molecule has 3 aromatic rings. The number of nitrogens with zero attached hydrogens (tertiary/aromatic N) is 3. The topological polar surface area (TPSA) is 47.8 Å². The van der Waals surface area contributed by atoms with Crippen molar-refractivity contribution in [3.05, 3.63) is 64.5 Å². The molecule has 0 unspecified atom stereocenters. The molecule has 26 heavy (non-hydrogen) atoms. The number of hydrogen-bond donors (Lipinski definition) is 0. The minimum Gasteiger partial charge on any atom is -0.305 e. The van der Waals surface area contributed by atoms with E-state index in [9.17, 15) is 9.18 Å². The summed E-state index contributed by atoms with van der Waals surface area (Å²) in [5, 5.41) is 8.78. The van der Waals surface area contributed by atoms with Gasteiger partial charge in [-0.15, -0.1) is 10.2 Å². The monoisotopic (exact) mass is 369 g/mol. The average molecular weight is 369 g/mol. The highest BCUT2D eigenvalue weighted by molar-refractivity contribution is 7.99. The summed E-state index contributed by atoms with van der Waals surface area (Å²) in [6.45, 7) is 5.93. The van der Waals surface area contributed by atoms with E-state index in [4.69, 9.17) is 0 Å². The zero-order valence-corrected chi connectivity index (χ0v) is 16.0. The molecule has 4 nitrogen and oxygen atoms in total. The second-order valence-electron chi connectivity index (χ2n) is 6.33. The summed E-state index contributed by atoms with van der Waals surface area (Å²) in [6, 6.07) is 10.5. The Morgan fingerprint density at radius 1 is 1.12 bits per heavy atom. The molecule has 3 rings (SSSR count). The van der Waals surface area contributed by atoms with Gasteiger partial charge >= 0.3 is 0 Å². The third-order valence-corrected chi connectivity index (χ3v) is 5.26. The van der Waals surface area contributed by atoms with Gasteiger partial charge in [-0.25, -0.2) is 4.39 Å². The molecule has 1 aromatic heterocycles. The number of halogens is 1. The summed E-state index contributed by atoms with van der Waals surface area (Å²) in [7, 11) is 1.77. The first-order valence-corrected chi connectivity index (χ1v) is 9.25. The quantitative estimate of drug-likeness (QED) is 0.490. The molecule has 0 spiro atoms. The summed E-state index contributed by atoms with van der Waals surface area (Å²) in [4.78, 5) is 12.7. The summed E-state index contributed by atoms with van der Waals surface area (Å²) in [6.07, 6.45) is 0. The van der Waals surface area contributed by atoms with E-state index in [1.807, 2.05) is 32.9 Å².